The standard InChI is InChI=1S/C14H11N5O4/c1-22-9-3-4-11-10(6-9)13(21)8(7-23-11)2-5-12(20)15-14-16-18-19-17-14/h2-7H,1H3,(H2,15,16,17,18,19,20)/b5-2+. The number of ether oxygens (including phenoxy) is 1. The van der Waals surface area contributed by atoms with Crippen LogP contribution in [0.5, 0.6) is 5.75 Å². The van der Waals surface area contributed by atoms with E-state index in [9.17, 15) is 9.59 Å². The van der Waals surface area contributed by atoms with Crippen molar-refractivity contribution < 1.29 is 13.9 Å². The number of aromatic amines is 1. The zero-order chi connectivity index (χ0) is 16.2. The van der Waals surface area contributed by atoms with Crippen molar-refractivity contribution in [1.29, 1.82) is 0 Å². The SMILES string of the molecule is COc1ccc2occ(/C=C/C(=O)Nc3nn[nH]n3)c(=O)c2c1. The number of tetrazole rings is 1. The van der Waals surface area contributed by atoms with Crippen LogP contribution in [0.15, 0.2) is 39.7 Å². The summed E-state index contributed by atoms with van der Waals surface area (Å²) in [5.41, 5.74) is 0.395. The number of fused-ring (bicyclic) bond motifs is 1. The fourth-order valence-corrected chi connectivity index (χ4v) is 1.90. The van der Waals surface area contributed by atoms with Gasteiger partial charge in [-0.15, -0.1) is 5.10 Å². The van der Waals surface area contributed by atoms with Crippen molar-refractivity contribution in [3.05, 3.63) is 46.3 Å². The van der Waals surface area contributed by atoms with Crippen LogP contribution in [0.3, 0.4) is 0 Å². The molecule has 0 saturated carbocycles. The Morgan fingerprint density at radius 2 is 2.30 bits per heavy atom. The predicted octanol–water partition coefficient (Wildman–Crippen LogP) is 0.967. The van der Waals surface area contributed by atoms with E-state index >= 15 is 0 Å². The van der Waals surface area contributed by atoms with Crippen molar-refractivity contribution >= 4 is 28.9 Å². The van der Waals surface area contributed by atoms with E-state index in [4.69, 9.17) is 9.15 Å². The van der Waals surface area contributed by atoms with Crippen LogP contribution in [0.25, 0.3) is 17.0 Å². The number of nitrogens with zero attached hydrogens (tertiary/aromatic N) is 3. The number of methoxy groups -OCH3 is 1. The van der Waals surface area contributed by atoms with E-state index in [0.29, 0.717) is 16.7 Å². The summed E-state index contributed by atoms with van der Waals surface area (Å²) < 4.78 is 10.5. The first-order valence-corrected chi connectivity index (χ1v) is 6.49. The molecule has 0 aliphatic heterocycles. The minimum absolute atomic E-state index is 0.0370. The summed E-state index contributed by atoms with van der Waals surface area (Å²) in [6, 6.07) is 4.92. The average molecular weight is 313 g/mol. The van der Waals surface area contributed by atoms with Crippen molar-refractivity contribution in [2.24, 2.45) is 0 Å². The Labute approximate surface area is 129 Å². The van der Waals surface area contributed by atoms with Gasteiger partial charge in [-0.3, -0.25) is 14.9 Å². The Morgan fingerprint density at radius 3 is 3.04 bits per heavy atom. The Morgan fingerprint density at radius 1 is 1.43 bits per heavy atom. The van der Waals surface area contributed by atoms with Gasteiger partial charge in [-0.1, -0.05) is 5.10 Å². The van der Waals surface area contributed by atoms with Crippen LogP contribution in [-0.2, 0) is 4.79 Å². The highest BCUT2D eigenvalue weighted by Crippen LogP contribution is 2.18. The molecule has 2 N–H and O–H groups in total. The number of carbonyl (C=O) groups excluding carboxylic acids is 1. The minimum atomic E-state index is -0.503. The van der Waals surface area contributed by atoms with Gasteiger partial charge in [0.1, 0.15) is 17.6 Å². The maximum atomic E-state index is 12.4. The summed E-state index contributed by atoms with van der Waals surface area (Å²) in [5.74, 6) is 0.0762. The lowest BCUT2D eigenvalue weighted by Crippen LogP contribution is -2.10. The van der Waals surface area contributed by atoms with Gasteiger partial charge in [0.2, 0.25) is 0 Å². The summed E-state index contributed by atoms with van der Waals surface area (Å²) in [7, 11) is 1.51. The predicted molar refractivity (Wildman–Crippen MR) is 80.9 cm³/mol. The van der Waals surface area contributed by atoms with Crippen molar-refractivity contribution in [3.8, 4) is 5.75 Å². The van der Waals surface area contributed by atoms with Gasteiger partial charge in [0.25, 0.3) is 11.9 Å². The van der Waals surface area contributed by atoms with E-state index < -0.39 is 5.91 Å². The molecule has 0 fully saturated rings. The molecule has 2 heterocycles. The topological polar surface area (TPSA) is 123 Å². The first-order chi connectivity index (χ1) is 11.2. The second-order valence-electron chi connectivity index (χ2n) is 4.44. The maximum Gasteiger partial charge on any atom is 0.270 e. The van der Waals surface area contributed by atoms with Crippen molar-refractivity contribution in [2.75, 3.05) is 12.4 Å². The first kappa shape index (κ1) is 14.4. The number of H-pyrrole nitrogens is 1. The molecule has 0 atom stereocenters. The summed E-state index contributed by atoms with van der Waals surface area (Å²) in [6.07, 6.45) is 3.81. The number of hydrogen-bond donors (Lipinski definition) is 2. The normalized spacial score (nSPS) is 11.0. The summed E-state index contributed by atoms with van der Waals surface area (Å²) in [4.78, 5) is 24.1. The lowest BCUT2D eigenvalue weighted by atomic mass is 10.1. The van der Waals surface area contributed by atoms with Gasteiger partial charge in [-0.25, -0.2) is 0 Å². The van der Waals surface area contributed by atoms with Crippen LogP contribution in [0.2, 0.25) is 0 Å². The van der Waals surface area contributed by atoms with Crippen LogP contribution in [0, 0.1) is 0 Å². The van der Waals surface area contributed by atoms with Crippen molar-refractivity contribution in [3.63, 3.8) is 0 Å². The van der Waals surface area contributed by atoms with Crippen LogP contribution < -0.4 is 15.5 Å². The fraction of sp³-hybridized carbons (Fsp3) is 0.0714. The molecular formula is C14H11N5O4. The molecule has 23 heavy (non-hydrogen) atoms. The highest BCUT2D eigenvalue weighted by molar-refractivity contribution is 6.01. The monoisotopic (exact) mass is 313 g/mol. The van der Waals surface area contributed by atoms with Gasteiger partial charge in [-0.2, -0.15) is 5.21 Å². The van der Waals surface area contributed by atoms with Crippen LogP contribution in [0.1, 0.15) is 5.56 Å². The van der Waals surface area contributed by atoms with Crippen molar-refractivity contribution in [1.82, 2.24) is 20.6 Å². The van der Waals surface area contributed by atoms with Gasteiger partial charge in [0.05, 0.1) is 18.1 Å². The zero-order valence-corrected chi connectivity index (χ0v) is 11.9. The molecule has 0 radical (unpaired) electrons. The molecule has 0 saturated heterocycles. The molecule has 3 rings (SSSR count). The lowest BCUT2D eigenvalue weighted by molar-refractivity contribution is -0.111. The Bertz CT molecular complexity index is 930. The largest absolute Gasteiger partial charge is 0.497 e. The number of hydrogen-bond acceptors (Lipinski definition) is 7. The quantitative estimate of drug-likeness (QED) is 0.688. The van der Waals surface area contributed by atoms with Gasteiger partial charge in [0, 0.05) is 6.08 Å². The molecule has 2 aromatic heterocycles. The number of nitrogens with one attached hydrogen (secondary N) is 2. The number of amides is 1. The number of carbonyl (C=O) groups is 1. The average Bonchev–Trinajstić information content (AvgIpc) is 3.07. The van der Waals surface area contributed by atoms with E-state index in [2.05, 4.69) is 25.9 Å². The first-order valence-electron chi connectivity index (χ1n) is 6.49. The number of anilines is 1. The summed E-state index contributed by atoms with van der Waals surface area (Å²) in [5, 5.41) is 15.4. The number of benzene rings is 1. The smallest absolute Gasteiger partial charge is 0.270 e. The molecule has 3 aromatic rings. The second kappa shape index (κ2) is 6.10. The molecule has 9 heteroatoms. The number of aromatic nitrogens is 4. The van der Waals surface area contributed by atoms with E-state index in [1.807, 2.05) is 0 Å². The fourth-order valence-electron chi connectivity index (χ4n) is 1.90. The van der Waals surface area contributed by atoms with Gasteiger partial charge >= 0.3 is 0 Å². The molecule has 0 unspecified atom stereocenters. The molecule has 116 valence electrons. The third-order valence-corrected chi connectivity index (χ3v) is 3.00. The molecule has 9 nitrogen and oxygen atoms in total. The molecule has 1 amide bonds. The Hall–Kier alpha value is -3.49. The highest BCUT2D eigenvalue weighted by atomic mass is 16.5. The van der Waals surface area contributed by atoms with E-state index in [0.717, 1.165) is 0 Å². The third kappa shape index (κ3) is 3.07. The Balaban J connectivity index is 1.87. The van der Waals surface area contributed by atoms with Crippen LogP contribution >= 0.6 is 0 Å². The maximum absolute atomic E-state index is 12.4. The van der Waals surface area contributed by atoms with E-state index in [1.165, 1.54) is 25.5 Å². The zero-order valence-electron chi connectivity index (χ0n) is 11.9. The molecular weight excluding hydrogens is 302 g/mol. The molecule has 0 aliphatic rings. The molecule has 0 aliphatic carbocycles. The molecule has 0 bridgehead atoms. The number of rotatable bonds is 4. The summed E-state index contributed by atoms with van der Waals surface area (Å²) >= 11 is 0. The van der Waals surface area contributed by atoms with Gasteiger partial charge < -0.3 is 9.15 Å². The van der Waals surface area contributed by atoms with Gasteiger partial charge in [0.15, 0.2) is 5.43 Å². The van der Waals surface area contributed by atoms with Gasteiger partial charge in [-0.05, 0) is 29.5 Å². The highest BCUT2D eigenvalue weighted by Gasteiger charge is 2.07. The van der Waals surface area contributed by atoms with E-state index in [1.54, 1.807) is 18.2 Å². The third-order valence-electron chi connectivity index (χ3n) is 3.00. The lowest BCUT2D eigenvalue weighted by Gasteiger charge is -2.02. The summed E-state index contributed by atoms with van der Waals surface area (Å²) in [6.45, 7) is 0. The van der Waals surface area contributed by atoms with Crippen molar-refractivity contribution in [2.45, 2.75) is 0 Å². The molecule has 0 spiro atoms. The minimum Gasteiger partial charge on any atom is -0.497 e. The van der Waals surface area contributed by atoms with Crippen LogP contribution in [0.4, 0.5) is 5.95 Å². The second-order valence-corrected chi connectivity index (χ2v) is 4.44. The Kier molecular flexibility index (Phi) is 3.83. The van der Waals surface area contributed by atoms with E-state index in [-0.39, 0.29) is 16.9 Å². The van der Waals surface area contributed by atoms with Crippen LogP contribution in [-0.4, -0.2) is 33.6 Å². The molecule has 1 aromatic carbocycles.